The van der Waals surface area contributed by atoms with E-state index < -0.39 is 0 Å². The van der Waals surface area contributed by atoms with Gasteiger partial charge in [0.05, 0.1) is 6.54 Å². The molecule has 0 spiro atoms. The van der Waals surface area contributed by atoms with Crippen molar-refractivity contribution in [2.24, 2.45) is 4.99 Å². The van der Waals surface area contributed by atoms with Crippen LogP contribution in [0.4, 0.5) is 0 Å². The van der Waals surface area contributed by atoms with Gasteiger partial charge in [0.15, 0.2) is 0 Å². The van der Waals surface area contributed by atoms with Crippen LogP contribution in [0.5, 0.6) is 0 Å². The van der Waals surface area contributed by atoms with E-state index in [1.807, 2.05) is 0 Å². The molecule has 0 heterocycles. The molecule has 0 bridgehead atoms. The van der Waals surface area contributed by atoms with Crippen LogP contribution in [0.25, 0.3) is 0 Å². The number of hydrogen-bond donors (Lipinski definition) is 1. The number of aliphatic imine (C=N–C) groups is 1. The third kappa shape index (κ3) is 24.5. The predicted molar refractivity (Wildman–Crippen MR) is 76.6 cm³/mol. The molecule has 1 N–H and O–H groups in total. The van der Waals surface area contributed by atoms with E-state index in [2.05, 4.69) is 30.9 Å². The first-order valence-corrected chi connectivity index (χ1v) is 6.98. The molecule has 0 aliphatic heterocycles. The highest BCUT2D eigenvalue weighted by Crippen LogP contribution is 1.97. The SMILES string of the molecule is CCCCCCN=C=O.CN(C)CCCCCO. The highest BCUT2D eigenvalue weighted by atomic mass is 16.2. The normalized spacial score (nSPS) is 9.61. The van der Waals surface area contributed by atoms with Crippen LogP contribution >= 0.6 is 0 Å². The summed E-state index contributed by atoms with van der Waals surface area (Å²) in [6.45, 7) is 4.29. The Kier molecular flexibility index (Phi) is 20.4. The van der Waals surface area contributed by atoms with Crippen molar-refractivity contribution < 1.29 is 9.90 Å². The summed E-state index contributed by atoms with van der Waals surface area (Å²) in [5.74, 6) is 0. The molecular weight excluding hydrogens is 228 g/mol. The molecule has 0 radical (unpaired) electrons. The van der Waals surface area contributed by atoms with Gasteiger partial charge in [-0.15, -0.1) is 0 Å². The van der Waals surface area contributed by atoms with Gasteiger partial charge in [0, 0.05) is 6.61 Å². The number of aliphatic hydroxyl groups excluding tert-OH is 1. The molecule has 0 amide bonds. The maximum absolute atomic E-state index is 9.55. The van der Waals surface area contributed by atoms with Gasteiger partial charge in [-0.3, -0.25) is 0 Å². The average molecular weight is 258 g/mol. The van der Waals surface area contributed by atoms with Crippen LogP contribution in [-0.4, -0.2) is 49.9 Å². The number of isocyanates is 1. The van der Waals surface area contributed by atoms with Crippen molar-refractivity contribution in [3.63, 3.8) is 0 Å². The van der Waals surface area contributed by atoms with E-state index in [1.165, 1.54) is 31.8 Å². The lowest BCUT2D eigenvalue weighted by Gasteiger charge is -2.07. The lowest BCUT2D eigenvalue weighted by Crippen LogP contribution is -2.12. The summed E-state index contributed by atoms with van der Waals surface area (Å²) >= 11 is 0. The lowest BCUT2D eigenvalue weighted by molar-refractivity contribution is 0.278. The number of aliphatic hydroxyl groups is 1. The first-order chi connectivity index (χ1) is 8.68. The van der Waals surface area contributed by atoms with Gasteiger partial charge >= 0.3 is 0 Å². The van der Waals surface area contributed by atoms with Crippen LogP contribution in [0, 0.1) is 0 Å². The third-order valence-corrected chi connectivity index (χ3v) is 2.45. The van der Waals surface area contributed by atoms with E-state index in [4.69, 9.17) is 5.11 Å². The quantitative estimate of drug-likeness (QED) is 0.372. The second-order valence-electron chi connectivity index (χ2n) is 4.62. The Morgan fingerprint density at radius 3 is 2.22 bits per heavy atom. The molecule has 0 aliphatic rings. The second-order valence-corrected chi connectivity index (χ2v) is 4.62. The standard InChI is InChI=1S/C7H17NO.C7H13NO/c1-8(2)6-4-3-5-7-9;1-2-3-4-5-6-8-7-9/h9H,3-7H2,1-2H3;2-6H2,1H3. The monoisotopic (exact) mass is 258 g/mol. The molecule has 0 unspecified atom stereocenters. The van der Waals surface area contributed by atoms with Gasteiger partial charge in [0.25, 0.3) is 0 Å². The molecule has 0 aromatic carbocycles. The summed E-state index contributed by atoms with van der Waals surface area (Å²) in [4.78, 5) is 15.1. The molecule has 0 rings (SSSR count). The van der Waals surface area contributed by atoms with Crippen LogP contribution in [0.2, 0.25) is 0 Å². The van der Waals surface area contributed by atoms with Crippen molar-refractivity contribution in [3.8, 4) is 0 Å². The molecule has 4 heteroatoms. The average Bonchev–Trinajstić information content (AvgIpc) is 2.35. The van der Waals surface area contributed by atoms with Crippen LogP contribution in [0.3, 0.4) is 0 Å². The van der Waals surface area contributed by atoms with Gasteiger partial charge < -0.3 is 10.0 Å². The van der Waals surface area contributed by atoms with Gasteiger partial charge in [0.2, 0.25) is 6.08 Å². The summed E-state index contributed by atoms with van der Waals surface area (Å²) < 4.78 is 0. The first kappa shape index (κ1) is 19.6. The van der Waals surface area contributed by atoms with Crippen molar-refractivity contribution in [2.45, 2.75) is 51.9 Å². The fraction of sp³-hybridized carbons (Fsp3) is 0.929. The molecule has 0 aromatic rings. The van der Waals surface area contributed by atoms with Crippen LogP contribution in [-0.2, 0) is 4.79 Å². The summed E-state index contributed by atoms with van der Waals surface area (Å²) in [6, 6.07) is 0. The Hall–Kier alpha value is -0.700. The zero-order valence-corrected chi connectivity index (χ0v) is 12.3. The zero-order valence-electron chi connectivity index (χ0n) is 12.3. The number of carbonyl (C=O) groups excluding carboxylic acids is 1. The van der Waals surface area contributed by atoms with Crippen LogP contribution < -0.4 is 0 Å². The minimum Gasteiger partial charge on any atom is -0.396 e. The molecule has 0 fully saturated rings. The number of nitrogens with zero attached hydrogens (tertiary/aromatic N) is 2. The maximum Gasteiger partial charge on any atom is 0.234 e. The molecule has 0 aromatic heterocycles. The topological polar surface area (TPSA) is 52.9 Å². The van der Waals surface area contributed by atoms with E-state index in [9.17, 15) is 4.79 Å². The Labute approximate surface area is 112 Å². The first-order valence-electron chi connectivity index (χ1n) is 6.98. The Morgan fingerprint density at radius 1 is 1.06 bits per heavy atom. The van der Waals surface area contributed by atoms with Gasteiger partial charge in [0.1, 0.15) is 0 Å². The lowest BCUT2D eigenvalue weighted by atomic mass is 10.2. The maximum atomic E-state index is 9.55. The van der Waals surface area contributed by atoms with E-state index in [1.54, 1.807) is 0 Å². The number of hydrogen-bond acceptors (Lipinski definition) is 4. The van der Waals surface area contributed by atoms with Gasteiger partial charge in [-0.25, -0.2) is 9.79 Å². The van der Waals surface area contributed by atoms with Gasteiger partial charge in [-0.05, 0) is 46.3 Å². The Balaban J connectivity index is 0. The van der Waals surface area contributed by atoms with E-state index in [0.29, 0.717) is 13.2 Å². The molecule has 0 atom stereocenters. The molecule has 4 nitrogen and oxygen atoms in total. The molecule has 108 valence electrons. The van der Waals surface area contributed by atoms with E-state index >= 15 is 0 Å². The summed E-state index contributed by atoms with van der Waals surface area (Å²) in [7, 11) is 4.14. The summed E-state index contributed by atoms with van der Waals surface area (Å²) in [6.07, 6.45) is 9.51. The number of rotatable bonds is 10. The highest BCUT2D eigenvalue weighted by molar-refractivity contribution is 5.32. The zero-order chi connectivity index (χ0) is 14.1. The molecule has 0 saturated heterocycles. The van der Waals surface area contributed by atoms with E-state index in [0.717, 1.165) is 25.8 Å². The molecule has 0 saturated carbocycles. The summed E-state index contributed by atoms with van der Waals surface area (Å²) in [5, 5.41) is 8.42. The Bertz CT molecular complexity index is 190. The second kappa shape index (κ2) is 18.7. The van der Waals surface area contributed by atoms with Crippen molar-refractivity contribution in [3.05, 3.63) is 0 Å². The third-order valence-electron chi connectivity index (χ3n) is 2.45. The smallest absolute Gasteiger partial charge is 0.234 e. The predicted octanol–water partition coefficient (Wildman–Crippen LogP) is 2.61. The highest BCUT2D eigenvalue weighted by Gasteiger charge is 1.88. The van der Waals surface area contributed by atoms with E-state index in [-0.39, 0.29) is 0 Å². The van der Waals surface area contributed by atoms with Gasteiger partial charge in [-0.2, -0.15) is 0 Å². The minimum atomic E-state index is 0.341. The number of unbranched alkanes of at least 4 members (excludes halogenated alkanes) is 5. The van der Waals surface area contributed by atoms with Gasteiger partial charge in [-0.1, -0.05) is 26.2 Å². The minimum absolute atomic E-state index is 0.341. The largest absolute Gasteiger partial charge is 0.396 e. The van der Waals surface area contributed by atoms with Crippen molar-refractivity contribution in [2.75, 3.05) is 33.8 Å². The van der Waals surface area contributed by atoms with Crippen LogP contribution in [0.15, 0.2) is 4.99 Å². The van der Waals surface area contributed by atoms with Crippen molar-refractivity contribution in [1.29, 1.82) is 0 Å². The fourth-order valence-corrected chi connectivity index (χ4v) is 1.38. The summed E-state index contributed by atoms with van der Waals surface area (Å²) in [5.41, 5.74) is 0. The fourth-order valence-electron chi connectivity index (χ4n) is 1.38. The van der Waals surface area contributed by atoms with Crippen molar-refractivity contribution in [1.82, 2.24) is 4.90 Å². The molecular formula is C14H30N2O2. The molecule has 18 heavy (non-hydrogen) atoms. The Morgan fingerprint density at radius 2 is 1.72 bits per heavy atom. The van der Waals surface area contributed by atoms with Crippen LogP contribution in [0.1, 0.15) is 51.9 Å². The molecule has 0 aliphatic carbocycles. The van der Waals surface area contributed by atoms with Crippen molar-refractivity contribution >= 4 is 6.08 Å².